The number of anilines is 2. The van der Waals surface area contributed by atoms with Crippen LogP contribution in [-0.4, -0.2) is 32.2 Å². The maximum Gasteiger partial charge on any atom is 0.250 e. The molecule has 0 radical (unpaired) electrons. The number of carbonyl (C=O) groups is 1. The van der Waals surface area contributed by atoms with Crippen LogP contribution in [0.5, 0.6) is 0 Å². The van der Waals surface area contributed by atoms with Crippen LogP contribution in [0.3, 0.4) is 0 Å². The van der Waals surface area contributed by atoms with E-state index in [-0.39, 0.29) is 0 Å². The number of amides is 1. The molecule has 1 aromatic carbocycles. The van der Waals surface area contributed by atoms with Crippen molar-refractivity contribution >= 4 is 17.3 Å². The van der Waals surface area contributed by atoms with E-state index >= 15 is 0 Å². The van der Waals surface area contributed by atoms with Crippen LogP contribution in [0, 0.1) is 0 Å². The lowest BCUT2D eigenvalue weighted by Crippen LogP contribution is -2.37. The van der Waals surface area contributed by atoms with Gasteiger partial charge < -0.3 is 21.1 Å². The van der Waals surface area contributed by atoms with E-state index in [1.54, 1.807) is 12.1 Å². The SMILES string of the molecule is CN(c1ccc(N)cc1C(N)=O)C1CCOCC1. The van der Waals surface area contributed by atoms with Gasteiger partial charge in [-0.2, -0.15) is 0 Å². The Balaban J connectivity index is 2.28. The van der Waals surface area contributed by atoms with E-state index in [4.69, 9.17) is 16.2 Å². The molecular weight excluding hydrogens is 230 g/mol. The van der Waals surface area contributed by atoms with Crippen molar-refractivity contribution in [3.8, 4) is 0 Å². The Bertz CT molecular complexity index is 442. The Morgan fingerprint density at radius 2 is 2.06 bits per heavy atom. The Morgan fingerprint density at radius 3 is 2.67 bits per heavy atom. The monoisotopic (exact) mass is 249 g/mol. The third-order valence-electron chi connectivity index (χ3n) is 3.40. The van der Waals surface area contributed by atoms with E-state index in [2.05, 4.69) is 4.90 Å². The fourth-order valence-corrected chi connectivity index (χ4v) is 2.33. The zero-order valence-corrected chi connectivity index (χ0v) is 10.6. The molecule has 1 aliphatic rings. The van der Waals surface area contributed by atoms with Gasteiger partial charge in [-0.15, -0.1) is 0 Å². The summed E-state index contributed by atoms with van der Waals surface area (Å²) in [7, 11) is 1.98. The molecule has 0 saturated carbocycles. The number of hydrogen-bond acceptors (Lipinski definition) is 4. The summed E-state index contributed by atoms with van der Waals surface area (Å²) >= 11 is 0. The first-order chi connectivity index (χ1) is 8.59. The van der Waals surface area contributed by atoms with Gasteiger partial charge in [-0.25, -0.2) is 0 Å². The van der Waals surface area contributed by atoms with Crippen LogP contribution in [0.4, 0.5) is 11.4 Å². The highest BCUT2D eigenvalue weighted by atomic mass is 16.5. The van der Waals surface area contributed by atoms with Gasteiger partial charge in [0, 0.05) is 37.7 Å². The molecule has 1 fully saturated rings. The maximum atomic E-state index is 11.5. The van der Waals surface area contributed by atoms with Crippen molar-refractivity contribution in [2.24, 2.45) is 5.73 Å². The zero-order valence-electron chi connectivity index (χ0n) is 10.6. The highest BCUT2D eigenvalue weighted by Crippen LogP contribution is 2.26. The summed E-state index contributed by atoms with van der Waals surface area (Å²) in [5.41, 5.74) is 13.0. The van der Waals surface area contributed by atoms with Gasteiger partial charge in [0.05, 0.1) is 5.56 Å². The number of primary amides is 1. The highest BCUT2D eigenvalue weighted by Gasteiger charge is 2.21. The molecule has 0 spiro atoms. The van der Waals surface area contributed by atoms with Crippen molar-refractivity contribution in [1.82, 2.24) is 0 Å². The van der Waals surface area contributed by atoms with Crippen molar-refractivity contribution in [1.29, 1.82) is 0 Å². The third kappa shape index (κ3) is 2.56. The summed E-state index contributed by atoms with van der Waals surface area (Å²) in [6, 6.07) is 5.65. The average Bonchev–Trinajstić information content (AvgIpc) is 2.39. The lowest BCUT2D eigenvalue weighted by molar-refractivity contribution is 0.0854. The number of benzene rings is 1. The van der Waals surface area contributed by atoms with E-state index in [1.165, 1.54) is 0 Å². The molecule has 4 N–H and O–H groups in total. The number of nitrogens with two attached hydrogens (primary N) is 2. The standard InChI is InChI=1S/C13H19N3O2/c1-16(10-4-6-18-7-5-10)12-3-2-9(14)8-11(12)13(15)17/h2-3,8,10H,4-7,14H2,1H3,(H2,15,17). The molecule has 2 rings (SSSR count). The minimum Gasteiger partial charge on any atom is -0.399 e. The van der Waals surface area contributed by atoms with Crippen LogP contribution in [0.2, 0.25) is 0 Å². The second-order valence-corrected chi connectivity index (χ2v) is 4.60. The Morgan fingerprint density at radius 1 is 1.39 bits per heavy atom. The summed E-state index contributed by atoms with van der Waals surface area (Å²) in [6.07, 6.45) is 1.91. The number of nitrogens with zero attached hydrogens (tertiary/aromatic N) is 1. The molecule has 1 heterocycles. The van der Waals surface area contributed by atoms with Gasteiger partial charge in [0.25, 0.3) is 5.91 Å². The number of nitrogen functional groups attached to an aromatic ring is 1. The minimum absolute atomic E-state index is 0.375. The number of carbonyl (C=O) groups excluding carboxylic acids is 1. The van der Waals surface area contributed by atoms with Gasteiger partial charge in [-0.3, -0.25) is 4.79 Å². The first-order valence-electron chi connectivity index (χ1n) is 6.09. The molecule has 5 heteroatoms. The van der Waals surface area contributed by atoms with Crippen LogP contribution in [0.15, 0.2) is 18.2 Å². The van der Waals surface area contributed by atoms with Crippen molar-refractivity contribution in [2.75, 3.05) is 30.9 Å². The van der Waals surface area contributed by atoms with Crippen LogP contribution < -0.4 is 16.4 Å². The predicted molar refractivity (Wildman–Crippen MR) is 71.6 cm³/mol. The van der Waals surface area contributed by atoms with Crippen molar-refractivity contribution in [2.45, 2.75) is 18.9 Å². The molecule has 18 heavy (non-hydrogen) atoms. The smallest absolute Gasteiger partial charge is 0.250 e. The fourth-order valence-electron chi connectivity index (χ4n) is 2.33. The molecule has 0 bridgehead atoms. The van der Waals surface area contributed by atoms with Gasteiger partial charge in [-0.05, 0) is 31.0 Å². The van der Waals surface area contributed by atoms with E-state index in [1.807, 2.05) is 13.1 Å². The van der Waals surface area contributed by atoms with Crippen LogP contribution in [-0.2, 0) is 4.74 Å². The first-order valence-corrected chi connectivity index (χ1v) is 6.09. The van der Waals surface area contributed by atoms with Crippen LogP contribution >= 0.6 is 0 Å². The second-order valence-electron chi connectivity index (χ2n) is 4.60. The zero-order chi connectivity index (χ0) is 13.1. The van der Waals surface area contributed by atoms with Crippen LogP contribution in [0.25, 0.3) is 0 Å². The normalized spacial score (nSPS) is 16.5. The Hall–Kier alpha value is -1.75. The molecule has 98 valence electrons. The molecular formula is C13H19N3O2. The average molecular weight is 249 g/mol. The van der Waals surface area contributed by atoms with Gasteiger partial charge in [0.2, 0.25) is 0 Å². The molecule has 0 unspecified atom stereocenters. The van der Waals surface area contributed by atoms with Gasteiger partial charge in [0.1, 0.15) is 0 Å². The Labute approximate surface area is 107 Å². The van der Waals surface area contributed by atoms with Gasteiger partial charge in [-0.1, -0.05) is 0 Å². The van der Waals surface area contributed by atoms with Crippen molar-refractivity contribution in [3.05, 3.63) is 23.8 Å². The molecule has 1 aromatic rings. The van der Waals surface area contributed by atoms with Gasteiger partial charge in [0.15, 0.2) is 0 Å². The number of hydrogen-bond donors (Lipinski definition) is 2. The molecule has 1 aliphatic heterocycles. The third-order valence-corrected chi connectivity index (χ3v) is 3.40. The number of ether oxygens (including phenoxy) is 1. The molecule has 0 aromatic heterocycles. The van der Waals surface area contributed by atoms with E-state index in [9.17, 15) is 4.79 Å². The first kappa shape index (κ1) is 12.7. The van der Waals surface area contributed by atoms with Gasteiger partial charge >= 0.3 is 0 Å². The summed E-state index contributed by atoms with van der Waals surface area (Å²) in [5.74, 6) is -0.448. The summed E-state index contributed by atoms with van der Waals surface area (Å²) in [4.78, 5) is 13.6. The fraction of sp³-hybridized carbons (Fsp3) is 0.462. The quantitative estimate of drug-likeness (QED) is 0.782. The molecule has 0 atom stereocenters. The minimum atomic E-state index is -0.448. The highest BCUT2D eigenvalue weighted by molar-refractivity contribution is 5.99. The summed E-state index contributed by atoms with van der Waals surface area (Å²) in [5, 5.41) is 0. The van der Waals surface area contributed by atoms with E-state index < -0.39 is 5.91 Å². The summed E-state index contributed by atoms with van der Waals surface area (Å²) < 4.78 is 5.34. The predicted octanol–water partition coefficient (Wildman–Crippen LogP) is 0.983. The topological polar surface area (TPSA) is 81.6 Å². The number of rotatable bonds is 3. The maximum absolute atomic E-state index is 11.5. The Kier molecular flexibility index (Phi) is 3.72. The molecule has 1 amide bonds. The van der Waals surface area contributed by atoms with E-state index in [0.717, 1.165) is 31.7 Å². The molecule has 5 nitrogen and oxygen atoms in total. The molecule has 1 saturated heterocycles. The lowest BCUT2D eigenvalue weighted by Gasteiger charge is -2.33. The molecule has 0 aliphatic carbocycles. The largest absolute Gasteiger partial charge is 0.399 e. The van der Waals surface area contributed by atoms with Crippen LogP contribution in [0.1, 0.15) is 23.2 Å². The summed E-state index contributed by atoms with van der Waals surface area (Å²) in [6.45, 7) is 1.52. The second kappa shape index (κ2) is 5.27. The van der Waals surface area contributed by atoms with Crippen molar-refractivity contribution < 1.29 is 9.53 Å². The van der Waals surface area contributed by atoms with Crippen molar-refractivity contribution in [3.63, 3.8) is 0 Å². The van der Waals surface area contributed by atoms with E-state index in [0.29, 0.717) is 17.3 Å². The lowest BCUT2D eigenvalue weighted by atomic mass is 10.0.